The number of hydrogen-bond acceptors (Lipinski definition) is 7. The van der Waals surface area contributed by atoms with E-state index in [4.69, 9.17) is 10.5 Å². The zero-order valence-electron chi connectivity index (χ0n) is 12.7. The summed E-state index contributed by atoms with van der Waals surface area (Å²) in [6.45, 7) is 1.44. The summed E-state index contributed by atoms with van der Waals surface area (Å²) in [4.78, 5) is 36.3. The van der Waals surface area contributed by atoms with Gasteiger partial charge in [0.05, 0.1) is 4.92 Å². The standard InChI is InChI=1S/C15H14N4O5/c1-9(20)24-8-10-2-4-11(5-3-10)17-15-13(19(22)23)7-6-12(18-15)14(16)21/h2-7H,8H2,1H3,(H2,16,21)(H,17,18). The molecule has 0 aliphatic heterocycles. The quantitative estimate of drug-likeness (QED) is 0.468. The van der Waals surface area contributed by atoms with E-state index in [-0.39, 0.29) is 29.8 Å². The van der Waals surface area contributed by atoms with Gasteiger partial charge >= 0.3 is 11.7 Å². The highest BCUT2D eigenvalue weighted by Crippen LogP contribution is 2.26. The lowest BCUT2D eigenvalue weighted by Crippen LogP contribution is -2.14. The molecule has 1 amide bonds. The monoisotopic (exact) mass is 330 g/mol. The average Bonchev–Trinajstić information content (AvgIpc) is 2.53. The molecule has 24 heavy (non-hydrogen) atoms. The summed E-state index contributed by atoms with van der Waals surface area (Å²) in [5.74, 6) is -1.27. The van der Waals surface area contributed by atoms with Gasteiger partial charge < -0.3 is 15.8 Å². The highest BCUT2D eigenvalue weighted by molar-refractivity contribution is 5.91. The molecule has 9 nitrogen and oxygen atoms in total. The molecule has 1 heterocycles. The number of aromatic nitrogens is 1. The van der Waals surface area contributed by atoms with Crippen molar-refractivity contribution in [2.24, 2.45) is 5.73 Å². The smallest absolute Gasteiger partial charge is 0.311 e. The number of pyridine rings is 1. The number of ether oxygens (including phenoxy) is 1. The molecule has 0 aliphatic carbocycles. The molecule has 0 atom stereocenters. The van der Waals surface area contributed by atoms with Crippen molar-refractivity contribution in [3.05, 3.63) is 57.8 Å². The molecule has 2 rings (SSSR count). The van der Waals surface area contributed by atoms with Crippen LogP contribution < -0.4 is 11.1 Å². The molecule has 0 aliphatic rings. The first-order chi connectivity index (χ1) is 11.4. The van der Waals surface area contributed by atoms with E-state index in [2.05, 4.69) is 10.3 Å². The summed E-state index contributed by atoms with van der Waals surface area (Å²) in [6, 6.07) is 9.00. The predicted octanol–water partition coefficient (Wildman–Crippen LogP) is 1.90. The number of hydrogen-bond donors (Lipinski definition) is 2. The second-order valence-corrected chi connectivity index (χ2v) is 4.79. The van der Waals surface area contributed by atoms with Crippen LogP contribution in [0.25, 0.3) is 0 Å². The maximum atomic E-state index is 11.2. The minimum absolute atomic E-state index is 0.0884. The topological polar surface area (TPSA) is 137 Å². The van der Waals surface area contributed by atoms with Gasteiger partial charge in [-0.25, -0.2) is 4.98 Å². The Kier molecular flexibility index (Phi) is 5.05. The maximum absolute atomic E-state index is 11.2. The first-order valence-electron chi connectivity index (χ1n) is 6.81. The third-order valence-electron chi connectivity index (χ3n) is 2.98. The largest absolute Gasteiger partial charge is 0.461 e. The lowest BCUT2D eigenvalue weighted by Gasteiger charge is -2.08. The van der Waals surface area contributed by atoms with Crippen molar-refractivity contribution in [1.29, 1.82) is 0 Å². The number of nitrogens with two attached hydrogens (primary N) is 1. The number of nitrogens with zero attached hydrogens (tertiary/aromatic N) is 2. The number of anilines is 2. The lowest BCUT2D eigenvalue weighted by molar-refractivity contribution is -0.384. The van der Waals surface area contributed by atoms with Crippen LogP contribution in [0.2, 0.25) is 0 Å². The molecule has 0 unspecified atom stereocenters. The highest BCUT2D eigenvalue weighted by Gasteiger charge is 2.18. The van der Waals surface area contributed by atoms with Crippen molar-refractivity contribution in [3.8, 4) is 0 Å². The number of rotatable bonds is 6. The van der Waals surface area contributed by atoms with Crippen LogP contribution in [0.4, 0.5) is 17.2 Å². The Morgan fingerprint density at radius 2 is 1.92 bits per heavy atom. The van der Waals surface area contributed by atoms with Crippen molar-refractivity contribution >= 4 is 29.1 Å². The summed E-state index contributed by atoms with van der Waals surface area (Å²) in [7, 11) is 0. The SMILES string of the molecule is CC(=O)OCc1ccc(Nc2nc(C(N)=O)ccc2[N+](=O)[O-])cc1. The fourth-order valence-electron chi connectivity index (χ4n) is 1.83. The summed E-state index contributed by atoms with van der Waals surface area (Å²) < 4.78 is 4.87. The van der Waals surface area contributed by atoms with Gasteiger partial charge in [0.2, 0.25) is 5.82 Å². The van der Waals surface area contributed by atoms with Crippen LogP contribution in [0.5, 0.6) is 0 Å². The van der Waals surface area contributed by atoms with E-state index in [0.29, 0.717) is 5.69 Å². The molecule has 0 fully saturated rings. The zero-order valence-corrected chi connectivity index (χ0v) is 12.7. The third kappa shape index (κ3) is 4.26. The lowest BCUT2D eigenvalue weighted by atomic mass is 10.2. The molecular weight excluding hydrogens is 316 g/mol. The summed E-state index contributed by atoms with van der Waals surface area (Å²) >= 11 is 0. The number of carbonyl (C=O) groups excluding carboxylic acids is 2. The Balaban J connectivity index is 2.23. The van der Waals surface area contributed by atoms with Crippen molar-refractivity contribution in [1.82, 2.24) is 4.98 Å². The summed E-state index contributed by atoms with van der Waals surface area (Å²) in [5, 5.41) is 13.8. The number of primary amides is 1. The second-order valence-electron chi connectivity index (χ2n) is 4.79. The van der Waals surface area contributed by atoms with E-state index in [1.165, 1.54) is 13.0 Å². The van der Waals surface area contributed by atoms with Crippen LogP contribution >= 0.6 is 0 Å². The van der Waals surface area contributed by atoms with Crippen LogP contribution in [0.1, 0.15) is 23.0 Å². The van der Waals surface area contributed by atoms with E-state index in [0.717, 1.165) is 11.6 Å². The first-order valence-corrected chi connectivity index (χ1v) is 6.81. The third-order valence-corrected chi connectivity index (χ3v) is 2.98. The van der Waals surface area contributed by atoms with Crippen molar-refractivity contribution in [3.63, 3.8) is 0 Å². The van der Waals surface area contributed by atoms with E-state index >= 15 is 0 Å². The molecule has 124 valence electrons. The number of carbonyl (C=O) groups is 2. The fraction of sp³-hybridized carbons (Fsp3) is 0.133. The second kappa shape index (κ2) is 7.18. The molecule has 2 aromatic rings. The van der Waals surface area contributed by atoms with Gasteiger partial charge in [-0.1, -0.05) is 12.1 Å². The van der Waals surface area contributed by atoms with Crippen LogP contribution in [0.15, 0.2) is 36.4 Å². The van der Waals surface area contributed by atoms with Gasteiger partial charge in [-0.2, -0.15) is 0 Å². The van der Waals surface area contributed by atoms with Gasteiger partial charge in [-0.15, -0.1) is 0 Å². The van der Waals surface area contributed by atoms with Gasteiger partial charge in [0, 0.05) is 18.7 Å². The highest BCUT2D eigenvalue weighted by atomic mass is 16.6. The number of benzene rings is 1. The molecule has 9 heteroatoms. The van der Waals surface area contributed by atoms with Crippen LogP contribution in [0, 0.1) is 10.1 Å². The average molecular weight is 330 g/mol. The number of nitro groups is 1. The summed E-state index contributed by atoms with van der Waals surface area (Å²) in [6.07, 6.45) is 0. The minimum Gasteiger partial charge on any atom is -0.461 e. The minimum atomic E-state index is -0.787. The number of amides is 1. The molecule has 0 bridgehead atoms. The maximum Gasteiger partial charge on any atom is 0.311 e. The Morgan fingerprint density at radius 3 is 2.46 bits per heavy atom. The first kappa shape index (κ1) is 16.9. The van der Waals surface area contributed by atoms with Gasteiger partial charge in [0.1, 0.15) is 12.3 Å². The Morgan fingerprint density at radius 1 is 1.25 bits per heavy atom. The molecule has 0 spiro atoms. The Labute approximate surface area is 136 Å². The normalized spacial score (nSPS) is 10.0. The summed E-state index contributed by atoms with van der Waals surface area (Å²) in [5.41, 5.74) is 6.03. The van der Waals surface area contributed by atoms with Crippen LogP contribution in [-0.2, 0) is 16.1 Å². The van der Waals surface area contributed by atoms with E-state index in [9.17, 15) is 19.7 Å². The van der Waals surface area contributed by atoms with E-state index in [1.54, 1.807) is 24.3 Å². The molecule has 0 saturated carbocycles. The van der Waals surface area contributed by atoms with Gasteiger partial charge in [-0.05, 0) is 23.8 Å². The molecule has 0 radical (unpaired) electrons. The van der Waals surface area contributed by atoms with Crippen LogP contribution in [0.3, 0.4) is 0 Å². The Bertz CT molecular complexity index is 789. The van der Waals surface area contributed by atoms with Crippen LogP contribution in [-0.4, -0.2) is 21.8 Å². The van der Waals surface area contributed by atoms with Gasteiger partial charge in [0.15, 0.2) is 0 Å². The van der Waals surface area contributed by atoms with E-state index in [1.807, 2.05) is 0 Å². The Hall–Kier alpha value is -3.49. The molecule has 3 N–H and O–H groups in total. The molecular formula is C15H14N4O5. The number of esters is 1. The fourth-order valence-corrected chi connectivity index (χ4v) is 1.83. The number of nitrogens with one attached hydrogen (secondary N) is 1. The van der Waals surface area contributed by atoms with Crippen molar-refractivity contribution < 1.29 is 19.2 Å². The van der Waals surface area contributed by atoms with Crippen molar-refractivity contribution in [2.75, 3.05) is 5.32 Å². The van der Waals surface area contributed by atoms with Crippen molar-refractivity contribution in [2.45, 2.75) is 13.5 Å². The molecule has 1 aromatic carbocycles. The van der Waals surface area contributed by atoms with Gasteiger partial charge in [-0.3, -0.25) is 19.7 Å². The predicted molar refractivity (Wildman–Crippen MR) is 84.6 cm³/mol. The van der Waals surface area contributed by atoms with Gasteiger partial charge in [0.25, 0.3) is 5.91 Å². The molecule has 0 saturated heterocycles. The zero-order chi connectivity index (χ0) is 17.7. The van der Waals surface area contributed by atoms with E-state index < -0.39 is 10.8 Å². The molecule has 1 aromatic heterocycles.